The smallest absolute Gasteiger partial charge is 0.325 e. The molecule has 7 nitrogen and oxygen atoms in total. The van der Waals surface area contributed by atoms with E-state index in [1.165, 1.54) is 6.92 Å². The molecule has 1 rings (SSSR count). The van der Waals surface area contributed by atoms with E-state index in [-0.39, 0.29) is 11.6 Å². The van der Waals surface area contributed by atoms with Crippen LogP contribution in [0, 0.1) is 0 Å². The maximum atomic E-state index is 10.8. The maximum Gasteiger partial charge on any atom is 0.325 e. The van der Waals surface area contributed by atoms with Crippen molar-refractivity contribution in [2.24, 2.45) is 0 Å². The summed E-state index contributed by atoms with van der Waals surface area (Å²) in [6.07, 6.45) is 0. The van der Waals surface area contributed by atoms with E-state index in [4.69, 9.17) is 5.11 Å². The summed E-state index contributed by atoms with van der Waals surface area (Å²) in [5.74, 6) is -1.50. The molecule has 1 aromatic heterocycles. The zero-order chi connectivity index (χ0) is 9.14. The van der Waals surface area contributed by atoms with Gasteiger partial charge in [0.05, 0.1) is 0 Å². The Bertz CT molecular complexity index is 318. The highest BCUT2D eigenvalue weighted by atomic mass is 16.4. The first-order chi connectivity index (χ1) is 5.61. The fourth-order valence-corrected chi connectivity index (χ4v) is 0.691. The van der Waals surface area contributed by atoms with Gasteiger partial charge in [-0.25, -0.2) is 4.68 Å². The number of carbonyl (C=O) groups is 2. The molecular weight excluding hydrogens is 164 g/mol. The number of rotatable bonds is 3. The van der Waals surface area contributed by atoms with E-state index < -0.39 is 12.5 Å². The second kappa shape index (κ2) is 3.07. The van der Waals surface area contributed by atoms with Crippen molar-refractivity contribution < 1.29 is 14.7 Å². The summed E-state index contributed by atoms with van der Waals surface area (Å²) in [6.45, 7) is 0.867. The first kappa shape index (κ1) is 8.31. The predicted molar refractivity (Wildman–Crippen MR) is 35.5 cm³/mol. The molecule has 0 aromatic carbocycles. The molecule has 0 bridgehead atoms. The number of tetrazole rings is 1. The molecule has 0 saturated heterocycles. The van der Waals surface area contributed by atoms with E-state index in [0.717, 1.165) is 4.68 Å². The third-order valence-electron chi connectivity index (χ3n) is 1.13. The molecule has 0 saturated carbocycles. The summed E-state index contributed by atoms with van der Waals surface area (Å²) in [5, 5.41) is 18.2. The van der Waals surface area contributed by atoms with Crippen LogP contribution in [0.2, 0.25) is 0 Å². The van der Waals surface area contributed by atoms with Crippen LogP contribution < -0.4 is 0 Å². The molecule has 0 aliphatic heterocycles. The lowest BCUT2D eigenvalue weighted by Crippen LogP contribution is -2.15. The van der Waals surface area contributed by atoms with E-state index in [0.29, 0.717) is 0 Å². The van der Waals surface area contributed by atoms with Crippen LogP contribution in [0.15, 0.2) is 0 Å². The third kappa shape index (κ3) is 1.62. The van der Waals surface area contributed by atoms with Gasteiger partial charge in [0, 0.05) is 6.92 Å². The number of carboxylic acids is 1. The quantitative estimate of drug-likeness (QED) is 0.582. The first-order valence-corrected chi connectivity index (χ1v) is 3.10. The van der Waals surface area contributed by atoms with Gasteiger partial charge < -0.3 is 5.11 Å². The normalized spacial score (nSPS) is 9.75. The van der Waals surface area contributed by atoms with Crippen LogP contribution in [0.1, 0.15) is 17.5 Å². The van der Waals surface area contributed by atoms with E-state index >= 15 is 0 Å². The van der Waals surface area contributed by atoms with E-state index in [2.05, 4.69) is 15.5 Å². The van der Waals surface area contributed by atoms with Crippen molar-refractivity contribution in [3.05, 3.63) is 5.82 Å². The van der Waals surface area contributed by atoms with Gasteiger partial charge in [0.2, 0.25) is 5.82 Å². The van der Waals surface area contributed by atoms with Gasteiger partial charge >= 0.3 is 5.97 Å². The molecule has 0 amide bonds. The lowest BCUT2D eigenvalue weighted by atomic mass is 10.4. The fourth-order valence-electron chi connectivity index (χ4n) is 0.691. The Morgan fingerprint density at radius 3 is 2.75 bits per heavy atom. The zero-order valence-corrected chi connectivity index (χ0v) is 6.26. The summed E-state index contributed by atoms with van der Waals surface area (Å²) in [4.78, 5) is 21.0. The van der Waals surface area contributed by atoms with Crippen LogP contribution in [0.4, 0.5) is 0 Å². The lowest BCUT2D eigenvalue weighted by molar-refractivity contribution is -0.137. The molecule has 0 unspecified atom stereocenters. The summed E-state index contributed by atoms with van der Waals surface area (Å²) in [5.41, 5.74) is 0. The van der Waals surface area contributed by atoms with E-state index in [9.17, 15) is 9.59 Å². The molecule has 0 spiro atoms. The Kier molecular flexibility index (Phi) is 2.13. The highest BCUT2D eigenvalue weighted by molar-refractivity contribution is 5.90. The molecule has 0 aliphatic rings. The largest absolute Gasteiger partial charge is 0.480 e. The molecule has 64 valence electrons. The zero-order valence-electron chi connectivity index (χ0n) is 6.26. The van der Waals surface area contributed by atoms with Crippen molar-refractivity contribution in [2.45, 2.75) is 13.5 Å². The van der Waals surface area contributed by atoms with Gasteiger partial charge in [-0.3, -0.25) is 9.59 Å². The summed E-state index contributed by atoms with van der Waals surface area (Å²) in [6, 6.07) is 0. The number of aromatic nitrogens is 4. The number of carboxylic acid groups (broad SMARTS) is 1. The molecule has 1 aromatic rings. The monoisotopic (exact) mass is 170 g/mol. The molecule has 0 fully saturated rings. The lowest BCUT2D eigenvalue weighted by Gasteiger charge is -1.95. The van der Waals surface area contributed by atoms with Crippen LogP contribution in [-0.4, -0.2) is 37.1 Å². The van der Waals surface area contributed by atoms with Gasteiger partial charge in [0.1, 0.15) is 6.54 Å². The number of ketones is 1. The number of Topliss-reactive ketones (excluding diaryl/α,β-unsaturated/α-hetero) is 1. The standard InChI is InChI=1S/C5H6N4O3/c1-3(10)5-6-7-8-9(5)2-4(11)12/h2H2,1H3,(H,11,12). The van der Waals surface area contributed by atoms with Gasteiger partial charge in [0.15, 0.2) is 5.78 Å². The number of hydrogen-bond acceptors (Lipinski definition) is 5. The van der Waals surface area contributed by atoms with Gasteiger partial charge in [0.25, 0.3) is 0 Å². The SMILES string of the molecule is CC(=O)c1nnnn1CC(=O)O. The molecule has 0 atom stereocenters. The fraction of sp³-hybridized carbons (Fsp3) is 0.400. The van der Waals surface area contributed by atoms with Crippen LogP contribution in [0.3, 0.4) is 0 Å². The topological polar surface area (TPSA) is 98.0 Å². The maximum absolute atomic E-state index is 10.8. The summed E-state index contributed by atoms with van der Waals surface area (Å²) in [7, 11) is 0. The van der Waals surface area contributed by atoms with Crippen LogP contribution in [-0.2, 0) is 11.3 Å². The second-order valence-electron chi connectivity index (χ2n) is 2.11. The minimum atomic E-state index is -1.09. The molecular formula is C5H6N4O3. The van der Waals surface area contributed by atoms with Crippen molar-refractivity contribution in [3.8, 4) is 0 Å². The average molecular weight is 170 g/mol. The van der Waals surface area contributed by atoms with Gasteiger partial charge in [-0.15, -0.1) is 5.10 Å². The van der Waals surface area contributed by atoms with Crippen molar-refractivity contribution in [3.63, 3.8) is 0 Å². The Balaban J connectivity index is 2.91. The number of hydrogen-bond donors (Lipinski definition) is 1. The van der Waals surface area contributed by atoms with Crippen LogP contribution in [0.25, 0.3) is 0 Å². The van der Waals surface area contributed by atoms with Crippen molar-refractivity contribution in [2.75, 3.05) is 0 Å². The Labute approximate surface area is 67.0 Å². The molecule has 7 heteroatoms. The van der Waals surface area contributed by atoms with Crippen molar-refractivity contribution in [1.82, 2.24) is 20.2 Å². The number of nitrogens with zero attached hydrogens (tertiary/aromatic N) is 4. The van der Waals surface area contributed by atoms with Crippen LogP contribution in [0.5, 0.6) is 0 Å². The molecule has 0 aliphatic carbocycles. The van der Waals surface area contributed by atoms with Crippen LogP contribution >= 0.6 is 0 Å². The van der Waals surface area contributed by atoms with E-state index in [1.54, 1.807) is 0 Å². The van der Waals surface area contributed by atoms with Crippen molar-refractivity contribution in [1.29, 1.82) is 0 Å². The molecule has 1 heterocycles. The highest BCUT2D eigenvalue weighted by Crippen LogP contribution is 1.92. The van der Waals surface area contributed by atoms with Gasteiger partial charge in [-0.2, -0.15) is 0 Å². The average Bonchev–Trinajstić information content (AvgIpc) is 2.33. The Morgan fingerprint density at radius 2 is 2.25 bits per heavy atom. The molecule has 0 radical (unpaired) electrons. The number of carbonyl (C=O) groups excluding carboxylic acids is 1. The Morgan fingerprint density at radius 1 is 1.58 bits per heavy atom. The third-order valence-corrected chi connectivity index (χ3v) is 1.13. The highest BCUT2D eigenvalue weighted by Gasteiger charge is 2.12. The minimum absolute atomic E-state index is 0.0441. The minimum Gasteiger partial charge on any atom is -0.480 e. The predicted octanol–water partition coefficient (Wildman–Crippen LogP) is -1.04. The summed E-state index contributed by atoms with van der Waals surface area (Å²) < 4.78 is 0.935. The second-order valence-corrected chi connectivity index (χ2v) is 2.11. The van der Waals surface area contributed by atoms with Gasteiger partial charge in [-0.05, 0) is 10.4 Å². The summed E-state index contributed by atoms with van der Waals surface area (Å²) >= 11 is 0. The van der Waals surface area contributed by atoms with Crippen molar-refractivity contribution >= 4 is 11.8 Å². The Hall–Kier alpha value is -1.79. The van der Waals surface area contributed by atoms with E-state index in [1.807, 2.05) is 0 Å². The molecule has 1 N–H and O–H groups in total. The molecule has 12 heavy (non-hydrogen) atoms. The number of aliphatic carboxylic acids is 1. The van der Waals surface area contributed by atoms with Gasteiger partial charge in [-0.1, -0.05) is 0 Å². The first-order valence-electron chi connectivity index (χ1n) is 3.10.